The third kappa shape index (κ3) is 24.8. The number of unbranched alkanes of at least 4 members (excludes halogenated alkanes) is 1. The Morgan fingerprint density at radius 3 is 1.42 bits per heavy atom. The summed E-state index contributed by atoms with van der Waals surface area (Å²) < 4.78 is 0. The minimum Gasteiger partial charge on any atom is -0.480 e. The van der Waals surface area contributed by atoms with Crippen molar-refractivity contribution in [1.29, 1.82) is 0 Å². The van der Waals surface area contributed by atoms with Crippen LogP contribution in [0.15, 0.2) is 0 Å². The number of nitrogens with one attached hydrogen (secondary N) is 10. The van der Waals surface area contributed by atoms with Crippen LogP contribution in [0, 0.1) is 11.8 Å². The molecule has 0 aliphatic carbocycles. The molecular formula is C43H76N14O16. The molecule has 0 spiro atoms. The van der Waals surface area contributed by atoms with E-state index in [9.17, 15) is 72.5 Å². The Balaban J connectivity index is 5.95. The van der Waals surface area contributed by atoms with Crippen molar-refractivity contribution in [3.05, 3.63) is 0 Å². The van der Waals surface area contributed by atoms with Gasteiger partial charge in [-0.25, -0.2) is 0 Å². The van der Waals surface area contributed by atoms with Gasteiger partial charge in [-0.05, 0) is 65.3 Å². The van der Waals surface area contributed by atoms with Crippen LogP contribution < -0.4 is 76.1 Å². The zero-order valence-corrected chi connectivity index (χ0v) is 42.3. The number of aliphatic hydroxyl groups excluding tert-OH is 2. The lowest BCUT2D eigenvalue weighted by Gasteiger charge is -2.27. The minimum absolute atomic E-state index is 0.279. The van der Waals surface area contributed by atoms with Crippen molar-refractivity contribution in [2.24, 2.45) is 34.8 Å². The summed E-state index contributed by atoms with van der Waals surface area (Å²) in [6.07, 6.45) is -2.02. The highest BCUT2D eigenvalue weighted by Gasteiger charge is 2.35. The fourth-order valence-corrected chi connectivity index (χ4v) is 6.27. The standard InChI is InChI=1S/C43H76N14O16/c1-18(2)31(40(69)48-16-30(62)55-33(23(8)59)42(71)50-21(6)35(64)56-32(19(3)4)41(70)51-22(7)43(72)73)57-38(67)26(15-29(47)61)53-37(66)25(12-13-28(46)60)52-39(68)27(17-58)54-34(63)20(5)49-36(65)24(45)11-9-10-14-44/h18-27,31-33,58-59H,9-17,44-45H2,1-8H3,(H2,46,60)(H2,47,61)(H,48,69)(H,49,65)(H,50,71)(H,51,70)(H,52,68)(H,53,66)(H,54,63)(H,55,62)(H,56,64)(H,57,67)(H,72,73)/t20-,21-,22-,23+,24-,25-,26-,27-,31-,32-,33-/m0/s1. The summed E-state index contributed by atoms with van der Waals surface area (Å²) >= 11 is 0. The summed E-state index contributed by atoms with van der Waals surface area (Å²) in [5.41, 5.74) is 21.9. The minimum atomic E-state index is -1.83. The molecule has 0 saturated carbocycles. The lowest BCUT2D eigenvalue weighted by Crippen LogP contribution is -2.61. The van der Waals surface area contributed by atoms with Gasteiger partial charge in [0, 0.05) is 6.42 Å². The smallest absolute Gasteiger partial charge is 0.325 e. The van der Waals surface area contributed by atoms with Crippen molar-refractivity contribution in [3.8, 4) is 0 Å². The third-order valence-electron chi connectivity index (χ3n) is 10.7. The van der Waals surface area contributed by atoms with E-state index < -0.39 is 188 Å². The Morgan fingerprint density at radius 2 is 0.932 bits per heavy atom. The average molecular weight is 1050 g/mol. The molecule has 414 valence electrons. The predicted molar refractivity (Wildman–Crippen MR) is 257 cm³/mol. The Hall–Kier alpha value is -7.05. The fraction of sp³-hybridized carbons (Fsp3) is 0.698. The van der Waals surface area contributed by atoms with Gasteiger partial charge in [0.15, 0.2) is 0 Å². The van der Waals surface area contributed by atoms with Crippen LogP contribution in [0.25, 0.3) is 0 Å². The van der Waals surface area contributed by atoms with Crippen molar-refractivity contribution in [3.63, 3.8) is 0 Å². The van der Waals surface area contributed by atoms with Gasteiger partial charge < -0.3 is 91.4 Å². The van der Waals surface area contributed by atoms with E-state index in [0.29, 0.717) is 19.4 Å². The lowest BCUT2D eigenvalue weighted by atomic mass is 10.0. The molecule has 0 radical (unpaired) electrons. The number of carbonyl (C=O) groups excluding carboxylic acids is 12. The van der Waals surface area contributed by atoms with Crippen LogP contribution in [-0.2, 0) is 62.3 Å². The second-order valence-corrected chi connectivity index (χ2v) is 17.9. The summed E-state index contributed by atoms with van der Waals surface area (Å²) in [7, 11) is 0. The number of hydrogen-bond donors (Lipinski definition) is 17. The van der Waals surface area contributed by atoms with E-state index in [2.05, 4.69) is 53.2 Å². The number of aliphatic hydroxyl groups is 2. The van der Waals surface area contributed by atoms with E-state index in [-0.39, 0.29) is 6.42 Å². The van der Waals surface area contributed by atoms with Crippen LogP contribution in [0.5, 0.6) is 0 Å². The maximum Gasteiger partial charge on any atom is 0.325 e. The first kappa shape index (κ1) is 66.0. The lowest BCUT2D eigenvalue weighted by molar-refractivity contribution is -0.142. The number of carboxylic acids is 1. The molecule has 0 bridgehead atoms. The molecule has 0 heterocycles. The van der Waals surface area contributed by atoms with E-state index in [1.807, 2.05) is 0 Å². The van der Waals surface area contributed by atoms with Gasteiger partial charge in [-0.2, -0.15) is 0 Å². The third-order valence-corrected chi connectivity index (χ3v) is 10.7. The number of nitrogens with two attached hydrogens (primary N) is 4. The number of carbonyl (C=O) groups is 13. The van der Waals surface area contributed by atoms with Crippen molar-refractivity contribution < 1.29 is 77.6 Å². The van der Waals surface area contributed by atoms with Crippen LogP contribution in [-0.4, -0.2) is 178 Å². The number of amides is 12. The fourth-order valence-electron chi connectivity index (χ4n) is 6.27. The molecule has 30 nitrogen and oxygen atoms in total. The molecule has 0 aliphatic rings. The first-order valence-corrected chi connectivity index (χ1v) is 23.4. The number of rotatable bonds is 34. The summed E-state index contributed by atoms with van der Waals surface area (Å²) in [5, 5.41) is 52.2. The Labute approximate surface area is 421 Å². The summed E-state index contributed by atoms with van der Waals surface area (Å²) in [4.78, 5) is 166. The van der Waals surface area contributed by atoms with Crippen molar-refractivity contribution in [2.75, 3.05) is 19.7 Å². The van der Waals surface area contributed by atoms with Gasteiger partial charge in [-0.15, -0.1) is 0 Å². The second-order valence-electron chi connectivity index (χ2n) is 17.9. The van der Waals surface area contributed by atoms with Gasteiger partial charge in [-0.1, -0.05) is 34.1 Å². The largest absolute Gasteiger partial charge is 0.480 e. The number of aliphatic carboxylic acids is 1. The zero-order chi connectivity index (χ0) is 56.4. The average Bonchev–Trinajstić information content (AvgIpc) is 3.29. The van der Waals surface area contributed by atoms with E-state index in [0.717, 1.165) is 6.92 Å². The molecule has 0 aromatic carbocycles. The zero-order valence-electron chi connectivity index (χ0n) is 42.3. The molecule has 0 aromatic rings. The number of primary amides is 2. The summed E-state index contributed by atoms with van der Waals surface area (Å²) in [5.74, 6) is -14.5. The first-order chi connectivity index (χ1) is 33.9. The number of hydrogen-bond acceptors (Lipinski definition) is 17. The van der Waals surface area contributed by atoms with Gasteiger partial charge in [0.05, 0.1) is 31.7 Å². The summed E-state index contributed by atoms with van der Waals surface area (Å²) in [6, 6.07) is -14.5. The molecule has 0 aromatic heterocycles. The molecule has 0 aliphatic heterocycles. The molecule has 11 atom stereocenters. The van der Waals surface area contributed by atoms with Crippen LogP contribution in [0.4, 0.5) is 0 Å². The van der Waals surface area contributed by atoms with Gasteiger partial charge >= 0.3 is 5.97 Å². The molecule has 0 fully saturated rings. The second kappa shape index (κ2) is 32.8. The van der Waals surface area contributed by atoms with E-state index in [1.165, 1.54) is 34.6 Å². The molecule has 21 N–H and O–H groups in total. The maximum absolute atomic E-state index is 13.6. The molecule has 73 heavy (non-hydrogen) atoms. The molecule has 12 amide bonds. The highest BCUT2D eigenvalue weighted by molar-refractivity contribution is 5.99. The van der Waals surface area contributed by atoms with Crippen LogP contribution in [0.2, 0.25) is 0 Å². The van der Waals surface area contributed by atoms with Gasteiger partial charge in [0.2, 0.25) is 70.9 Å². The quantitative estimate of drug-likeness (QED) is 0.0266. The van der Waals surface area contributed by atoms with E-state index in [4.69, 9.17) is 28.0 Å². The normalized spacial score (nSPS) is 15.6. The van der Waals surface area contributed by atoms with Crippen molar-refractivity contribution in [2.45, 2.75) is 160 Å². The van der Waals surface area contributed by atoms with Gasteiger partial charge in [0.25, 0.3) is 0 Å². The van der Waals surface area contributed by atoms with Crippen LogP contribution in [0.3, 0.4) is 0 Å². The molecule has 0 rings (SSSR count). The highest BCUT2D eigenvalue weighted by atomic mass is 16.4. The Bertz CT molecular complexity index is 1970. The maximum atomic E-state index is 13.6. The summed E-state index contributed by atoms with van der Waals surface area (Å²) in [6.45, 7) is 9.50. The predicted octanol–water partition coefficient (Wildman–Crippen LogP) is -8.11. The van der Waals surface area contributed by atoms with Crippen molar-refractivity contribution in [1.82, 2.24) is 53.2 Å². The monoisotopic (exact) mass is 1040 g/mol. The highest BCUT2D eigenvalue weighted by Crippen LogP contribution is 2.08. The molecule has 0 unspecified atom stereocenters. The van der Waals surface area contributed by atoms with Gasteiger partial charge in [-0.3, -0.25) is 62.3 Å². The Morgan fingerprint density at radius 1 is 0.479 bits per heavy atom. The molecular weight excluding hydrogens is 969 g/mol. The van der Waals surface area contributed by atoms with Crippen LogP contribution in [0.1, 0.15) is 93.9 Å². The van der Waals surface area contributed by atoms with Gasteiger partial charge in [0.1, 0.15) is 54.4 Å². The molecule has 0 saturated heterocycles. The van der Waals surface area contributed by atoms with E-state index >= 15 is 0 Å². The molecule has 30 heteroatoms. The van der Waals surface area contributed by atoms with Crippen molar-refractivity contribution >= 4 is 76.9 Å². The first-order valence-electron chi connectivity index (χ1n) is 23.4. The number of carboxylic acid groups (broad SMARTS) is 1. The van der Waals surface area contributed by atoms with E-state index in [1.54, 1.807) is 13.8 Å². The Kier molecular flexibility index (Phi) is 29.7. The SMILES string of the molecule is CC(C)[C@H](NC(=O)[C@H](C)NC(=O)[C@@H](NC(=O)CNC(=O)[C@@H](NC(=O)[C@H](CC(N)=O)NC(=O)[C@H](CCC(N)=O)NC(=O)[C@H](CO)NC(=O)[C@H](C)NC(=O)[C@@H](N)CCCCN)C(C)C)[C@@H](C)O)C(=O)N[C@@H](C)C(=O)O. The topological polar surface area (TPSA) is 507 Å². The van der Waals surface area contributed by atoms with Crippen LogP contribution >= 0.6 is 0 Å².